The number of nitrogens with two attached hydrogens (primary N) is 1. The van der Waals surface area contributed by atoms with Crippen molar-refractivity contribution in [3.05, 3.63) is 47.3 Å². The van der Waals surface area contributed by atoms with Crippen molar-refractivity contribution in [2.45, 2.75) is 32.9 Å². The predicted octanol–water partition coefficient (Wildman–Crippen LogP) is 1.69. The predicted molar refractivity (Wildman–Crippen MR) is 70.6 cm³/mol. The van der Waals surface area contributed by atoms with E-state index in [4.69, 9.17) is 5.84 Å². The first kappa shape index (κ1) is 13.6. The van der Waals surface area contributed by atoms with Gasteiger partial charge in [0, 0.05) is 12.1 Å². The molecule has 6 heteroatoms. The summed E-state index contributed by atoms with van der Waals surface area (Å²) in [5.41, 5.74) is 3.69. The topological polar surface area (TPSA) is 68.8 Å². The summed E-state index contributed by atoms with van der Waals surface area (Å²) in [4.78, 5) is 4.20. The number of halogens is 1. The summed E-state index contributed by atoms with van der Waals surface area (Å²) in [6.45, 7) is 4.49. The molecule has 1 aromatic heterocycles. The number of benzene rings is 1. The van der Waals surface area contributed by atoms with E-state index in [1.165, 1.54) is 6.33 Å². The molecule has 0 saturated heterocycles. The summed E-state index contributed by atoms with van der Waals surface area (Å²) >= 11 is 0. The lowest BCUT2D eigenvalue weighted by Gasteiger charge is -2.18. The number of hydrogen-bond donors (Lipinski definition) is 2. The minimum absolute atomic E-state index is 0.267. The van der Waals surface area contributed by atoms with Gasteiger partial charge in [-0.3, -0.25) is 5.84 Å². The molecule has 102 valence electrons. The van der Waals surface area contributed by atoms with Crippen LogP contribution >= 0.6 is 0 Å². The summed E-state index contributed by atoms with van der Waals surface area (Å²) in [6.07, 6.45) is 2.38. The molecule has 3 N–H and O–H groups in total. The fourth-order valence-corrected chi connectivity index (χ4v) is 2.08. The molecule has 1 heterocycles. The molecule has 1 unspecified atom stereocenters. The van der Waals surface area contributed by atoms with Gasteiger partial charge in [0.2, 0.25) is 0 Å². The number of rotatable bonds is 5. The quantitative estimate of drug-likeness (QED) is 0.636. The summed E-state index contributed by atoms with van der Waals surface area (Å²) in [5.74, 6) is 5.93. The van der Waals surface area contributed by atoms with Crippen LogP contribution in [0.4, 0.5) is 4.39 Å². The average Bonchev–Trinajstić information content (AvgIpc) is 2.84. The van der Waals surface area contributed by atoms with Crippen LogP contribution in [0, 0.1) is 12.7 Å². The largest absolute Gasteiger partial charge is 0.270 e. The van der Waals surface area contributed by atoms with E-state index in [0.717, 1.165) is 13.0 Å². The molecule has 2 rings (SSSR count). The SMILES string of the molecule is CCCn1ncnc1C(NN)c1cccc(C)c1F. The van der Waals surface area contributed by atoms with Crippen molar-refractivity contribution in [1.82, 2.24) is 20.2 Å². The molecular formula is C13H18FN5. The maximum Gasteiger partial charge on any atom is 0.149 e. The molecule has 0 aliphatic heterocycles. The van der Waals surface area contributed by atoms with Gasteiger partial charge >= 0.3 is 0 Å². The second kappa shape index (κ2) is 5.90. The van der Waals surface area contributed by atoms with Crippen LogP contribution < -0.4 is 11.3 Å². The molecule has 5 nitrogen and oxygen atoms in total. The Hall–Kier alpha value is -1.79. The van der Waals surface area contributed by atoms with Crippen LogP contribution in [0.2, 0.25) is 0 Å². The highest BCUT2D eigenvalue weighted by atomic mass is 19.1. The standard InChI is InChI=1S/C13H18FN5/c1-3-7-19-13(16-8-17-19)12(18-15)10-6-4-5-9(2)11(10)14/h4-6,8,12,18H,3,7,15H2,1-2H3. The Morgan fingerprint density at radius 2 is 2.26 bits per heavy atom. The van der Waals surface area contributed by atoms with Crippen molar-refractivity contribution in [3.8, 4) is 0 Å². The van der Waals surface area contributed by atoms with Crippen molar-refractivity contribution >= 4 is 0 Å². The van der Waals surface area contributed by atoms with E-state index in [9.17, 15) is 4.39 Å². The van der Waals surface area contributed by atoms with Crippen LogP contribution in [0.25, 0.3) is 0 Å². The second-order valence-corrected chi connectivity index (χ2v) is 4.42. The van der Waals surface area contributed by atoms with Crippen molar-refractivity contribution in [2.75, 3.05) is 0 Å². The highest BCUT2D eigenvalue weighted by Crippen LogP contribution is 2.24. The van der Waals surface area contributed by atoms with Crippen molar-refractivity contribution < 1.29 is 4.39 Å². The van der Waals surface area contributed by atoms with Crippen LogP contribution in [0.3, 0.4) is 0 Å². The van der Waals surface area contributed by atoms with E-state index in [-0.39, 0.29) is 5.82 Å². The average molecular weight is 263 g/mol. The monoisotopic (exact) mass is 263 g/mol. The summed E-state index contributed by atoms with van der Waals surface area (Å²) in [5, 5.41) is 4.14. The third-order valence-electron chi connectivity index (χ3n) is 3.04. The minimum Gasteiger partial charge on any atom is -0.270 e. The fourth-order valence-electron chi connectivity index (χ4n) is 2.08. The summed E-state index contributed by atoms with van der Waals surface area (Å²) in [7, 11) is 0. The van der Waals surface area contributed by atoms with Gasteiger partial charge in [-0.1, -0.05) is 25.1 Å². The van der Waals surface area contributed by atoms with Gasteiger partial charge in [0.25, 0.3) is 0 Å². The van der Waals surface area contributed by atoms with E-state index in [0.29, 0.717) is 17.0 Å². The van der Waals surface area contributed by atoms with E-state index >= 15 is 0 Å². The Bertz CT molecular complexity index is 552. The van der Waals surface area contributed by atoms with Crippen LogP contribution in [-0.2, 0) is 6.54 Å². The molecule has 0 saturated carbocycles. The molecule has 1 atom stereocenters. The van der Waals surface area contributed by atoms with E-state index in [1.807, 2.05) is 6.92 Å². The minimum atomic E-state index is -0.506. The zero-order valence-electron chi connectivity index (χ0n) is 11.1. The first-order valence-corrected chi connectivity index (χ1v) is 6.27. The van der Waals surface area contributed by atoms with Crippen LogP contribution in [0.1, 0.15) is 36.3 Å². The van der Waals surface area contributed by atoms with Gasteiger partial charge in [-0.25, -0.2) is 19.5 Å². The lowest BCUT2D eigenvalue weighted by molar-refractivity contribution is 0.492. The molecular weight excluding hydrogens is 245 g/mol. The number of nitrogens with zero attached hydrogens (tertiary/aromatic N) is 3. The molecule has 0 aliphatic carbocycles. The molecule has 1 aromatic carbocycles. The maximum absolute atomic E-state index is 14.2. The Morgan fingerprint density at radius 1 is 1.47 bits per heavy atom. The molecule has 0 bridgehead atoms. The number of hydrogen-bond acceptors (Lipinski definition) is 4. The molecule has 0 spiro atoms. The van der Waals surface area contributed by atoms with Gasteiger partial charge in [0.05, 0.1) is 0 Å². The third kappa shape index (κ3) is 2.64. The van der Waals surface area contributed by atoms with Crippen molar-refractivity contribution in [2.24, 2.45) is 5.84 Å². The first-order valence-electron chi connectivity index (χ1n) is 6.27. The number of aryl methyl sites for hydroxylation is 2. The second-order valence-electron chi connectivity index (χ2n) is 4.42. The molecule has 0 fully saturated rings. The number of nitrogens with one attached hydrogen (secondary N) is 1. The maximum atomic E-state index is 14.2. The zero-order valence-corrected chi connectivity index (χ0v) is 11.1. The molecule has 0 amide bonds. The van der Waals surface area contributed by atoms with Gasteiger partial charge in [-0.15, -0.1) is 0 Å². The van der Waals surface area contributed by atoms with Gasteiger partial charge < -0.3 is 0 Å². The van der Waals surface area contributed by atoms with E-state index in [2.05, 4.69) is 15.5 Å². The number of aromatic nitrogens is 3. The Labute approximate surface area is 111 Å². The number of hydrazine groups is 1. The third-order valence-corrected chi connectivity index (χ3v) is 3.04. The summed E-state index contributed by atoms with van der Waals surface area (Å²) < 4.78 is 15.9. The van der Waals surface area contributed by atoms with Gasteiger partial charge in [0.15, 0.2) is 0 Å². The smallest absolute Gasteiger partial charge is 0.149 e. The molecule has 0 aliphatic rings. The normalized spacial score (nSPS) is 12.6. The van der Waals surface area contributed by atoms with Crippen LogP contribution in [0.5, 0.6) is 0 Å². The van der Waals surface area contributed by atoms with Crippen LogP contribution in [-0.4, -0.2) is 14.8 Å². The Kier molecular flexibility index (Phi) is 4.24. The molecule has 0 radical (unpaired) electrons. The van der Waals surface area contributed by atoms with E-state index in [1.54, 1.807) is 29.8 Å². The highest BCUT2D eigenvalue weighted by Gasteiger charge is 2.22. The highest BCUT2D eigenvalue weighted by molar-refractivity contribution is 5.31. The lowest BCUT2D eigenvalue weighted by Crippen LogP contribution is -2.32. The van der Waals surface area contributed by atoms with Crippen molar-refractivity contribution in [1.29, 1.82) is 0 Å². The van der Waals surface area contributed by atoms with Gasteiger partial charge in [-0.2, -0.15) is 5.10 Å². The lowest BCUT2D eigenvalue weighted by atomic mass is 10.0. The zero-order chi connectivity index (χ0) is 13.8. The molecule has 19 heavy (non-hydrogen) atoms. The van der Waals surface area contributed by atoms with Crippen molar-refractivity contribution in [3.63, 3.8) is 0 Å². The fraction of sp³-hybridized carbons (Fsp3) is 0.385. The summed E-state index contributed by atoms with van der Waals surface area (Å²) in [6, 6.07) is 4.73. The Balaban J connectivity index is 2.44. The first-order chi connectivity index (χ1) is 9.19. The van der Waals surface area contributed by atoms with Crippen LogP contribution in [0.15, 0.2) is 24.5 Å². The molecule has 2 aromatic rings. The van der Waals surface area contributed by atoms with Gasteiger partial charge in [-0.05, 0) is 18.9 Å². The van der Waals surface area contributed by atoms with Gasteiger partial charge in [0.1, 0.15) is 24.0 Å². The Morgan fingerprint density at radius 3 is 2.95 bits per heavy atom. The van der Waals surface area contributed by atoms with E-state index < -0.39 is 6.04 Å².